The molecule has 2 fully saturated rings. The Bertz CT molecular complexity index is 416. The average molecular weight is 237 g/mol. The van der Waals surface area contributed by atoms with Gasteiger partial charge in [-0.3, -0.25) is 0 Å². The van der Waals surface area contributed by atoms with Gasteiger partial charge >= 0.3 is 0 Å². The van der Waals surface area contributed by atoms with E-state index in [0.29, 0.717) is 30.5 Å². The number of aromatic nitrogens is 2. The summed E-state index contributed by atoms with van der Waals surface area (Å²) in [5, 5.41) is 7.44. The molecule has 1 saturated heterocycles. The van der Waals surface area contributed by atoms with Crippen LogP contribution >= 0.6 is 0 Å². The van der Waals surface area contributed by atoms with Crippen molar-refractivity contribution in [2.45, 2.75) is 45.9 Å². The van der Waals surface area contributed by atoms with Crippen molar-refractivity contribution in [3.8, 4) is 0 Å². The van der Waals surface area contributed by atoms with Gasteiger partial charge in [0.2, 0.25) is 5.89 Å². The van der Waals surface area contributed by atoms with E-state index >= 15 is 0 Å². The summed E-state index contributed by atoms with van der Waals surface area (Å²) < 4.78 is 10.7. The van der Waals surface area contributed by atoms with Crippen LogP contribution in [0.25, 0.3) is 0 Å². The average Bonchev–Trinajstić information content (AvgIpc) is 2.86. The molecule has 0 bridgehead atoms. The minimum absolute atomic E-state index is 0.208. The fourth-order valence-electron chi connectivity index (χ4n) is 3.35. The van der Waals surface area contributed by atoms with Gasteiger partial charge in [0, 0.05) is 30.9 Å². The minimum atomic E-state index is 0.208. The number of rotatable bonds is 3. The van der Waals surface area contributed by atoms with Crippen molar-refractivity contribution in [2.24, 2.45) is 11.3 Å². The fraction of sp³-hybridized carbons (Fsp3) is 0.833. The van der Waals surface area contributed by atoms with E-state index in [-0.39, 0.29) is 5.41 Å². The van der Waals surface area contributed by atoms with E-state index in [1.807, 2.05) is 6.92 Å². The van der Waals surface area contributed by atoms with Crippen LogP contribution in [-0.4, -0.2) is 28.9 Å². The standard InChI is InChI=1S/C12H19N3O2/c1-7-14-9(15-17-7)6-13-10-8-4-5-16-11(8)12(10,2)3/h8,10-11,13H,4-6H2,1-3H3. The highest BCUT2D eigenvalue weighted by atomic mass is 16.5. The van der Waals surface area contributed by atoms with E-state index in [4.69, 9.17) is 9.26 Å². The molecule has 2 heterocycles. The van der Waals surface area contributed by atoms with Crippen LogP contribution in [0.1, 0.15) is 32.0 Å². The highest BCUT2D eigenvalue weighted by molar-refractivity contribution is 5.11. The van der Waals surface area contributed by atoms with Gasteiger partial charge in [-0.1, -0.05) is 19.0 Å². The van der Waals surface area contributed by atoms with Crippen LogP contribution in [0.5, 0.6) is 0 Å². The molecule has 2 aliphatic rings. The fourth-order valence-corrected chi connectivity index (χ4v) is 3.35. The van der Waals surface area contributed by atoms with Crippen LogP contribution in [0.15, 0.2) is 4.52 Å². The van der Waals surface area contributed by atoms with Gasteiger partial charge in [-0.25, -0.2) is 0 Å². The largest absolute Gasteiger partial charge is 0.377 e. The first-order valence-electron chi connectivity index (χ1n) is 6.23. The topological polar surface area (TPSA) is 60.2 Å². The zero-order valence-electron chi connectivity index (χ0n) is 10.6. The third kappa shape index (κ3) is 1.68. The maximum absolute atomic E-state index is 5.76. The number of ether oxygens (including phenoxy) is 1. The molecule has 0 spiro atoms. The predicted octanol–water partition coefficient (Wildman–Crippen LogP) is 1.28. The van der Waals surface area contributed by atoms with Gasteiger partial charge in [-0.2, -0.15) is 4.98 Å². The van der Waals surface area contributed by atoms with Crippen molar-refractivity contribution in [1.29, 1.82) is 0 Å². The van der Waals surface area contributed by atoms with Gasteiger partial charge in [0.1, 0.15) is 0 Å². The molecule has 0 amide bonds. The highest BCUT2D eigenvalue weighted by Crippen LogP contribution is 2.52. The predicted molar refractivity (Wildman–Crippen MR) is 61.3 cm³/mol. The number of fused-ring (bicyclic) bond motifs is 1. The Kier molecular flexibility index (Phi) is 2.48. The summed E-state index contributed by atoms with van der Waals surface area (Å²) in [6.07, 6.45) is 1.59. The summed E-state index contributed by atoms with van der Waals surface area (Å²) in [6, 6.07) is 0.494. The molecule has 3 atom stereocenters. The molecule has 1 saturated carbocycles. The second-order valence-corrected chi connectivity index (χ2v) is 5.65. The first-order valence-corrected chi connectivity index (χ1v) is 6.23. The monoisotopic (exact) mass is 237 g/mol. The van der Waals surface area contributed by atoms with Gasteiger partial charge in [-0.15, -0.1) is 0 Å². The highest BCUT2D eigenvalue weighted by Gasteiger charge is 2.58. The molecule has 3 rings (SSSR count). The molecule has 17 heavy (non-hydrogen) atoms. The van der Waals surface area contributed by atoms with Gasteiger partial charge in [0.05, 0.1) is 12.6 Å². The molecule has 3 unspecified atom stereocenters. The summed E-state index contributed by atoms with van der Waals surface area (Å²) in [6.45, 7) is 7.91. The molecule has 0 radical (unpaired) electrons. The molecule has 1 aromatic rings. The molecule has 94 valence electrons. The van der Waals surface area contributed by atoms with Gasteiger partial charge in [0.25, 0.3) is 0 Å². The van der Waals surface area contributed by atoms with E-state index in [1.54, 1.807) is 0 Å². The summed E-state index contributed by atoms with van der Waals surface area (Å²) in [5.74, 6) is 2.01. The van der Waals surface area contributed by atoms with E-state index < -0.39 is 0 Å². The van der Waals surface area contributed by atoms with Crippen molar-refractivity contribution in [3.63, 3.8) is 0 Å². The Hall–Kier alpha value is -0.940. The second kappa shape index (κ2) is 3.78. The van der Waals surface area contributed by atoms with E-state index in [0.717, 1.165) is 18.9 Å². The van der Waals surface area contributed by atoms with E-state index in [9.17, 15) is 0 Å². The quantitative estimate of drug-likeness (QED) is 0.858. The smallest absolute Gasteiger partial charge is 0.223 e. The Labute approximate surface area is 101 Å². The Morgan fingerprint density at radius 2 is 2.29 bits per heavy atom. The molecule has 1 aliphatic heterocycles. The van der Waals surface area contributed by atoms with Gasteiger partial charge in [0.15, 0.2) is 5.82 Å². The zero-order chi connectivity index (χ0) is 12.0. The Balaban J connectivity index is 1.62. The van der Waals surface area contributed by atoms with Crippen molar-refractivity contribution in [2.75, 3.05) is 6.61 Å². The van der Waals surface area contributed by atoms with Crippen LogP contribution in [0.4, 0.5) is 0 Å². The van der Waals surface area contributed by atoms with Crippen molar-refractivity contribution < 1.29 is 9.26 Å². The van der Waals surface area contributed by atoms with Crippen LogP contribution in [0, 0.1) is 18.3 Å². The molecule has 5 heteroatoms. The number of hydrogen-bond donors (Lipinski definition) is 1. The van der Waals surface area contributed by atoms with Crippen molar-refractivity contribution in [1.82, 2.24) is 15.5 Å². The van der Waals surface area contributed by atoms with Crippen LogP contribution < -0.4 is 5.32 Å². The summed E-state index contributed by atoms with van der Waals surface area (Å²) >= 11 is 0. The lowest BCUT2D eigenvalue weighted by Crippen LogP contribution is -2.65. The first-order chi connectivity index (χ1) is 8.09. The number of nitrogens with one attached hydrogen (secondary N) is 1. The van der Waals surface area contributed by atoms with E-state index in [1.165, 1.54) is 0 Å². The molecule has 1 aliphatic carbocycles. The summed E-state index contributed by atoms with van der Waals surface area (Å²) in [5.41, 5.74) is 0.208. The van der Waals surface area contributed by atoms with Crippen LogP contribution in [-0.2, 0) is 11.3 Å². The lowest BCUT2D eigenvalue weighted by atomic mass is 9.57. The Morgan fingerprint density at radius 3 is 3.00 bits per heavy atom. The lowest BCUT2D eigenvalue weighted by molar-refractivity contribution is -0.113. The number of hydrogen-bond acceptors (Lipinski definition) is 5. The molecular formula is C12H19N3O2. The molecule has 0 aromatic carbocycles. The molecule has 1 aromatic heterocycles. The summed E-state index contributed by atoms with van der Waals surface area (Å²) in [4.78, 5) is 4.20. The zero-order valence-corrected chi connectivity index (χ0v) is 10.6. The minimum Gasteiger partial charge on any atom is -0.377 e. The first kappa shape index (κ1) is 11.2. The van der Waals surface area contributed by atoms with Crippen LogP contribution in [0.2, 0.25) is 0 Å². The third-order valence-corrected chi connectivity index (χ3v) is 4.15. The van der Waals surface area contributed by atoms with Crippen LogP contribution in [0.3, 0.4) is 0 Å². The van der Waals surface area contributed by atoms with E-state index in [2.05, 4.69) is 29.3 Å². The SMILES string of the molecule is Cc1nc(CNC2C3CCOC3C2(C)C)no1. The maximum Gasteiger partial charge on any atom is 0.223 e. The molecule has 1 N–H and O–H groups in total. The molecular weight excluding hydrogens is 218 g/mol. The number of nitrogens with zero attached hydrogens (tertiary/aromatic N) is 2. The lowest BCUT2D eigenvalue weighted by Gasteiger charge is -2.54. The normalized spacial score (nSPS) is 34.4. The summed E-state index contributed by atoms with van der Waals surface area (Å²) in [7, 11) is 0. The van der Waals surface area contributed by atoms with Gasteiger partial charge in [-0.05, 0) is 6.42 Å². The maximum atomic E-state index is 5.76. The second-order valence-electron chi connectivity index (χ2n) is 5.65. The number of aryl methyl sites for hydroxylation is 1. The third-order valence-electron chi connectivity index (χ3n) is 4.15. The van der Waals surface area contributed by atoms with Gasteiger partial charge < -0.3 is 14.6 Å². The Morgan fingerprint density at radius 1 is 1.47 bits per heavy atom. The molecule has 5 nitrogen and oxygen atoms in total. The van der Waals surface area contributed by atoms with Crippen molar-refractivity contribution in [3.05, 3.63) is 11.7 Å². The van der Waals surface area contributed by atoms with Crippen molar-refractivity contribution >= 4 is 0 Å².